The molecule has 1 N–H and O–H groups in total. The summed E-state index contributed by atoms with van der Waals surface area (Å²) >= 11 is 8.58. The van der Waals surface area contributed by atoms with Gasteiger partial charge in [-0.25, -0.2) is 14.0 Å². The van der Waals surface area contributed by atoms with Crippen molar-refractivity contribution in [1.29, 1.82) is 0 Å². The zero-order chi connectivity index (χ0) is 22.8. The number of esters is 2. The summed E-state index contributed by atoms with van der Waals surface area (Å²) in [6.45, 7) is 1.40. The molecule has 10 heteroatoms. The molecule has 1 aliphatic rings. The number of halogens is 2. The largest absolute Gasteiger partial charge is 0.462 e. The van der Waals surface area contributed by atoms with E-state index >= 15 is 0 Å². The quantitative estimate of drug-likeness (QED) is 0.450. The Balaban J connectivity index is 1.46. The van der Waals surface area contributed by atoms with Crippen LogP contribution in [0.5, 0.6) is 0 Å². The fraction of sp³-hybridized carbons (Fsp3) is 0.318. The van der Waals surface area contributed by atoms with E-state index in [9.17, 15) is 18.8 Å². The maximum absolute atomic E-state index is 13.4. The van der Waals surface area contributed by atoms with E-state index in [1.807, 2.05) is 0 Å². The molecule has 0 saturated heterocycles. The van der Waals surface area contributed by atoms with Crippen LogP contribution in [0.15, 0.2) is 18.2 Å². The molecule has 2 heterocycles. The molecule has 168 valence electrons. The average Bonchev–Trinajstić information content (AvgIpc) is 3.29. The molecule has 3 aromatic rings. The highest BCUT2D eigenvalue weighted by Crippen LogP contribution is 2.39. The molecule has 0 atom stereocenters. The lowest BCUT2D eigenvalue weighted by Gasteiger charge is -2.12. The number of thiophene rings is 2. The zero-order valence-electron chi connectivity index (χ0n) is 17.1. The van der Waals surface area contributed by atoms with Crippen LogP contribution in [0.25, 0.3) is 10.1 Å². The maximum atomic E-state index is 13.4. The number of fused-ring (bicyclic) bond motifs is 2. The van der Waals surface area contributed by atoms with Gasteiger partial charge in [0.2, 0.25) is 0 Å². The Kier molecular flexibility index (Phi) is 6.78. The predicted octanol–water partition coefficient (Wildman–Crippen LogP) is 5.61. The van der Waals surface area contributed by atoms with Crippen LogP contribution in [-0.2, 0) is 27.1 Å². The summed E-state index contributed by atoms with van der Waals surface area (Å²) in [4.78, 5) is 38.6. The first-order valence-electron chi connectivity index (χ1n) is 10.0. The third kappa shape index (κ3) is 4.51. The molecule has 6 nitrogen and oxygen atoms in total. The van der Waals surface area contributed by atoms with Crippen molar-refractivity contribution in [1.82, 2.24) is 0 Å². The second kappa shape index (κ2) is 9.56. The highest BCUT2D eigenvalue weighted by molar-refractivity contribution is 7.21. The lowest BCUT2D eigenvalue weighted by Crippen LogP contribution is -2.21. The molecule has 1 aliphatic carbocycles. The predicted molar refractivity (Wildman–Crippen MR) is 123 cm³/mol. The van der Waals surface area contributed by atoms with Gasteiger partial charge in [0.05, 0.1) is 17.2 Å². The van der Waals surface area contributed by atoms with Gasteiger partial charge in [0, 0.05) is 15.0 Å². The van der Waals surface area contributed by atoms with Gasteiger partial charge >= 0.3 is 11.9 Å². The van der Waals surface area contributed by atoms with Crippen molar-refractivity contribution in [2.24, 2.45) is 0 Å². The third-order valence-corrected chi connectivity index (χ3v) is 7.86. The van der Waals surface area contributed by atoms with Crippen molar-refractivity contribution in [3.63, 3.8) is 0 Å². The fourth-order valence-corrected chi connectivity index (χ4v) is 6.32. The summed E-state index contributed by atoms with van der Waals surface area (Å²) < 4.78 is 24.2. The second-order valence-electron chi connectivity index (χ2n) is 7.15. The van der Waals surface area contributed by atoms with Crippen LogP contribution < -0.4 is 5.32 Å². The van der Waals surface area contributed by atoms with Crippen molar-refractivity contribution in [3.05, 3.63) is 49.9 Å². The molecule has 1 amide bonds. The number of anilines is 1. The molecular weight excluding hydrogens is 477 g/mol. The summed E-state index contributed by atoms with van der Waals surface area (Å²) in [5.74, 6) is -2.26. The van der Waals surface area contributed by atoms with Crippen LogP contribution in [0, 0.1) is 5.82 Å². The maximum Gasteiger partial charge on any atom is 0.350 e. The molecular formula is C22H19ClFNO5S2. The van der Waals surface area contributed by atoms with Gasteiger partial charge in [-0.05, 0) is 56.4 Å². The van der Waals surface area contributed by atoms with E-state index in [-0.39, 0.29) is 16.5 Å². The first-order valence-corrected chi connectivity index (χ1v) is 12.1. The molecule has 0 fully saturated rings. The number of nitrogens with one attached hydrogen (secondary N) is 1. The van der Waals surface area contributed by atoms with E-state index in [1.165, 1.54) is 29.5 Å². The Hall–Kier alpha value is -2.49. The van der Waals surface area contributed by atoms with Gasteiger partial charge < -0.3 is 14.8 Å². The number of carbonyl (C=O) groups is 3. The van der Waals surface area contributed by atoms with E-state index < -0.39 is 30.3 Å². The van der Waals surface area contributed by atoms with Crippen LogP contribution in [-0.4, -0.2) is 31.1 Å². The summed E-state index contributed by atoms with van der Waals surface area (Å²) in [6, 6.07) is 4.03. The first-order chi connectivity index (χ1) is 15.4. The number of hydrogen-bond donors (Lipinski definition) is 1. The SMILES string of the molecule is CCOC(=O)c1c(NC(=O)COC(=O)c2sc3cc(F)ccc3c2Cl)sc2c1CCCC2. The summed E-state index contributed by atoms with van der Waals surface area (Å²) in [6.07, 6.45) is 3.61. The molecule has 1 aromatic carbocycles. The number of carbonyl (C=O) groups excluding carboxylic acids is 3. The van der Waals surface area contributed by atoms with Crippen molar-refractivity contribution >= 4 is 67.2 Å². The van der Waals surface area contributed by atoms with E-state index in [0.29, 0.717) is 20.7 Å². The average molecular weight is 496 g/mol. The minimum Gasteiger partial charge on any atom is -0.462 e. The highest BCUT2D eigenvalue weighted by Gasteiger charge is 2.27. The Morgan fingerprint density at radius 3 is 2.69 bits per heavy atom. The second-order valence-corrected chi connectivity index (χ2v) is 9.68. The van der Waals surface area contributed by atoms with Crippen molar-refractivity contribution in [2.45, 2.75) is 32.6 Å². The Morgan fingerprint density at radius 2 is 1.91 bits per heavy atom. The molecule has 0 radical (unpaired) electrons. The normalized spacial score (nSPS) is 13.0. The topological polar surface area (TPSA) is 81.7 Å². The van der Waals surface area contributed by atoms with Crippen molar-refractivity contribution in [2.75, 3.05) is 18.5 Å². The Morgan fingerprint density at radius 1 is 1.12 bits per heavy atom. The van der Waals surface area contributed by atoms with Gasteiger partial charge in [0.15, 0.2) is 6.61 Å². The summed E-state index contributed by atoms with van der Waals surface area (Å²) in [7, 11) is 0. The summed E-state index contributed by atoms with van der Waals surface area (Å²) in [5, 5.41) is 3.79. The van der Waals surface area contributed by atoms with Gasteiger partial charge in [0.1, 0.15) is 15.7 Å². The Bertz CT molecular complexity index is 1220. The molecule has 0 bridgehead atoms. The lowest BCUT2D eigenvalue weighted by molar-refractivity contribution is -0.119. The number of ether oxygens (including phenoxy) is 2. The number of aryl methyl sites for hydroxylation is 1. The third-order valence-electron chi connectivity index (χ3n) is 5.02. The molecule has 0 spiro atoms. The Labute approximate surface area is 196 Å². The first kappa shape index (κ1) is 22.7. The smallest absolute Gasteiger partial charge is 0.350 e. The number of amides is 1. The minimum absolute atomic E-state index is 0.0962. The monoisotopic (exact) mass is 495 g/mol. The fourth-order valence-electron chi connectivity index (χ4n) is 3.60. The van der Waals surface area contributed by atoms with E-state index in [1.54, 1.807) is 6.92 Å². The van der Waals surface area contributed by atoms with Crippen LogP contribution in [0.1, 0.15) is 50.2 Å². The van der Waals surface area contributed by atoms with Crippen molar-refractivity contribution < 1.29 is 28.2 Å². The van der Waals surface area contributed by atoms with E-state index in [0.717, 1.165) is 47.5 Å². The van der Waals surface area contributed by atoms with Crippen LogP contribution in [0.2, 0.25) is 5.02 Å². The highest BCUT2D eigenvalue weighted by atomic mass is 35.5. The molecule has 4 rings (SSSR count). The van der Waals surface area contributed by atoms with E-state index in [4.69, 9.17) is 21.1 Å². The van der Waals surface area contributed by atoms with Crippen molar-refractivity contribution in [3.8, 4) is 0 Å². The zero-order valence-corrected chi connectivity index (χ0v) is 19.5. The van der Waals surface area contributed by atoms with Gasteiger partial charge in [-0.1, -0.05) is 11.6 Å². The molecule has 0 aliphatic heterocycles. The molecule has 2 aromatic heterocycles. The molecule has 0 saturated carbocycles. The van der Waals surface area contributed by atoms with Crippen LogP contribution in [0.4, 0.5) is 9.39 Å². The van der Waals surface area contributed by atoms with Crippen LogP contribution >= 0.6 is 34.3 Å². The van der Waals surface area contributed by atoms with Gasteiger partial charge in [-0.2, -0.15) is 0 Å². The van der Waals surface area contributed by atoms with E-state index in [2.05, 4.69) is 5.32 Å². The minimum atomic E-state index is -0.775. The standard InChI is InChI=1S/C22H19ClFNO5S2/c1-2-29-21(27)17-12-5-3-4-6-14(12)32-20(17)25-16(26)10-30-22(28)19-18(23)13-8-7-11(24)9-15(13)31-19/h7-9H,2-6,10H2,1H3,(H,25,26). The number of hydrogen-bond acceptors (Lipinski definition) is 7. The lowest BCUT2D eigenvalue weighted by atomic mass is 9.95. The van der Waals surface area contributed by atoms with Gasteiger partial charge in [-0.15, -0.1) is 22.7 Å². The molecule has 32 heavy (non-hydrogen) atoms. The molecule has 0 unspecified atom stereocenters. The van der Waals surface area contributed by atoms with Gasteiger partial charge in [-0.3, -0.25) is 4.79 Å². The van der Waals surface area contributed by atoms with Gasteiger partial charge in [0.25, 0.3) is 5.91 Å². The van der Waals surface area contributed by atoms with Crippen LogP contribution in [0.3, 0.4) is 0 Å². The number of rotatable bonds is 6. The number of benzene rings is 1. The summed E-state index contributed by atoms with van der Waals surface area (Å²) in [5.41, 5.74) is 1.32.